The van der Waals surface area contributed by atoms with Gasteiger partial charge in [-0.15, -0.1) is 0 Å². The number of aromatic hydroxyl groups is 1. The van der Waals surface area contributed by atoms with E-state index in [0.717, 1.165) is 22.8 Å². The van der Waals surface area contributed by atoms with E-state index in [1.165, 1.54) is 12.1 Å². The highest BCUT2D eigenvalue weighted by molar-refractivity contribution is 5.96. The minimum atomic E-state index is -4.59. The molecule has 0 unspecified atom stereocenters. The van der Waals surface area contributed by atoms with Crippen LogP contribution in [0.4, 0.5) is 24.5 Å². The molecule has 0 aliphatic carbocycles. The normalized spacial score (nSPS) is 11.6. The summed E-state index contributed by atoms with van der Waals surface area (Å²) in [5.74, 6) is 0.0208. The molecule has 0 saturated heterocycles. The minimum Gasteiger partial charge on any atom is -0.508 e. The van der Waals surface area contributed by atoms with Gasteiger partial charge in [0.2, 0.25) is 0 Å². The minimum absolute atomic E-state index is 0.0208. The van der Waals surface area contributed by atoms with Gasteiger partial charge in [-0.2, -0.15) is 13.2 Å². The van der Waals surface area contributed by atoms with Gasteiger partial charge < -0.3 is 10.4 Å². The molecule has 0 saturated carbocycles. The average molecular weight is 395 g/mol. The number of benzene rings is 2. The molecular weight excluding hydrogens is 379 g/mol. The first kappa shape index (κ1) is 18.7. The van der Waals surface area contributed by atoms with Gasteiger partial charge in [-0.25, -0.2) is 4.98 Å². The van der Waals surface area contributed by atoms with Gasteiger partial charge in [0.05, 0.1) is 11.2 Å². The molecule has 0 atom stereocenters. The third-order valence-electron chi connectivity index (χ3n) is 4.60. The standard InChI is InChI=1S/C22H16F3N3O/c1-13-2-4-16(29)11-18(13)27-20-12-21(22(23,24)25)28-19-10-15(3-5-17(19)20)14-6-8-26-9-7-14/h2-12,29H,1H3,(H,27,28). The number of rotatable bonds is 3. The topological polar surface area (TPSA) is 58.0 Å². The summed E-state index contributed by atoms with van der Waals surface area (Å²) in [6, 6.07) is 14.4. The van der Waals surface area contributed by atoms with E-state index in [1.807, 2.05) is 6.07 Å². The van der Waals surface area contributed by atoms with E-state index in [0.29, 0.717) is 11.1 Å². The Balaban J connectivity index is 1.89. The number of anilines is 2. The van der Waals surface area contributed by atoms with Crippen LogP contribution in [0.1, 0.15) is 11.3 Å². The van der Waals surface area contributed by atoms with Gasteiger partial charge in [-0.05, 0) is 53.9 Å². The molecular formula is C22H16F3N3O. The first-order valence-electron chi connectivity index (χ1n) is 8.80. The van der Waals surface area contributed by atoms with Crippen molar-refractivity contribution >= 4 is 22.3 Å². The number of phenols is 1. The van der Waals surface area contributed by atoms with Crippen molar-refractivity contribution in [2.24, 2.45) is 0 Å². The second kappa shape index (κ2) is 7.09. The maximum Gasteiger partial charge on any atom is 0.433 e. The number of hydrogen-bond acceptors (Lipinski definition) is 4. The van der Waals surface area contributed by atoms with Gasteiger partial charge in [0.25, 0.3) is 0 Å². The van der Waals surface area contributed by atoms with Crippen molar-refractivity contribution in [2.45, 2.75) is 13.1 Å². The molecule has 0 aliphatic rings. The molecule has 4 rings (SSSR count). The molecule has 146 valence electrons. The van der Waals surface area contributed by atoms with Gasteiger partial charge in [0.1, 0.15) is 11.4 Å². The summed E-state index contributed by atoms with van der Waals surface area (Å²) in [6.07, 6.45) is -1.35. The van der Waals surface area contributed by atoms with Gasteiger partial charge in [-0.1, -0.05) is 18.2 Å². The number of alkyl halides is 3. The summed E-state index contributed by atoms with van der Waals surface area (Å²) in [5, 5.41) is 13.3. The lowest BCUT2D eigenvalue weighted by atomic mass is 10.0. The molecule has 2 aromatic heterocycles. The largest absolute Gasteiger partial charge is 0.508 e. The lowest BCUT2D eigenvalue weighted by molar-refractivity contribution is -0.140. The van der Waals surface area contributed by atoms with Crippen LogP contribution >= 0.6 is 0 Å². The Bertz CT molecular complexity index is 1190. The van der Waals surface area contributed by atoms with Crippen LogP contribution in [0.15, 0.2) is 67.0 Å². The molecule has 0 amide bonds. The number of aromatic nitrogens is 2. The number of hydrogen-bond donors (Lipinski definition) is 2. The second-order valence-corrected chi connectivity index (χ2v) is 6.64. The highest BCUT2D eigenvalue weighted by Gasteiger charge is 2.33. The number of phenolic OH excluding ortho intramolecular Hbond substituents is 1. The smallest absolute Gasteiger partial charge is 0.433 e. The molecule has 4 aromatic rings. The van der Waals surface area contributed by atoms with E-state index in [2.05, 4.69) is 15.3 Å². The van der Waals surface area contributed by atoms with Crippen molar-refractivity contribution in [1.29, 1.82) is 0 Å². The lowest BCUT2D eigenvalue weighted by Gasteiger charge is -2.16. The first-order valence-corrected chi connectivity index (χ1v) is 8.80. The number of nitrogens with one attached hydrogen (secondary N) is 1. The zero-order valence-electron chi connectivity index (χ0n) is 15.3. The summed E-state index contributed by atoms with van der Waals surface area (Å²) in [4.78, 5) is 7.81. The Morgan fingerprint density at radius 1 is 0.862 bits per heavy atom. The van der Waals surface area contributed by atoms with Crippen molar-refractivity contribution in [2.75, 3.05) is 5.32 Å². The van der Waals surface area contributed by atoms with Gasteiger partial charge in [0, 0.05) is 29.5 Å². The van der Waals surface area contributed by atoms with Crippen LogP contribution in [0, 0.1) is 6.92 Å². The first-order chi connectivity index (χ1) is 13.8. The van der Waals surface area contributed by atoms with Crippen LogP contribution < -0.4 is 5.32 Å². The molecule has 4 nitrogen and oxygen atoms in total. The Morgan fingerprint density at radius 3 is 2.34 bits per heavy atom. The second-order valence-electron chi connectivity index (χ2n) is 6.64. The fourth-order valence-corrected chi connectivity index (χ4v) is 3.09. The maximum atomic E-state index is 13.5. The molecule has 7 heteroatoms. The van der Waals surface area contributed by atoms with E-state index in [1.54, 1.807) is 49.6 Å². The highest BCUT2D eigenvalue weighted by Crippen LogP contribution is 2.36. The summed E-state index contributed by atoms with van der Waals surface area (Å²) < 4.78 is 40.4. The van der Waals surface area contributed by atoms with Crippen molar-refractivity contribution in [3.8, 4) is 16.9 Å². The number of pyridine rings is 2. The van der Waals surface area contributed by atoms with Crippen LogP contribution in [0.2, 0.25) is 0 Å². The molecule has 2 heterocycles. The number of aryl methyl sites for hydroxylation is 1. The summed E-state index contributed by atoms with van der Waals surface area (Å²) in [5.41, 5.74) is 2.37. The summed E-state index contributed by atoms with van der Waals surface area (Å²) in [6.45, 7) is 1.80. The van der Waals surface area contributed by atoms with Crippen LogP contribution in [0.3, 0.4) is 0 Å². The number of nitrogens with zero attached hydrogens (tertiary/aromatic N) is 2. The van der Waals surface area contributed by atoms with Crippen LogP contribution in [-0.4, -0.2) is 15.1 Å². The molecule has 0 bridgehead atoms. The zero-order valence-corrected chi connectivity index (χ0v) is 15.3. The van der Waals surface area contributed by atoms with Crippen LogP contribution in [0.5, 0.6) is 5.75 Å². The van der Waals surface area contributed by atoms with Crippen molar-refractivity contribution < 1.29 is 18.3 Å². The molecule has 2 aromatic carbocycles. The third-order valence-corrected chi connectivity index (χ3v) is 4.60. The fraction of sp³-hybridized carbons (Fsp3) is 0.0909. The molecule has 0 spiro atoms. The fourth-order valence-electron chi connectivity index (χ4n) is 3.09. The summed E-state index contributed by atoms with van der Waals surface area (Å²) >= 11 is 0. The van der Waals surface area contributed by atoms with E-state index in [9.17, 15) is 18.3 Å². The Morgan fingerprint density at radius 2 is 1.62 bits per heavy atom. The molecule has 0 radical (unpaired) electrons. The summed E-state index contributed by atoms with van der Waals surface area (Å²) in [7, 11) is 0. The highest BCUT2D eigenvalue weighted by atomic mass is 19.4. The quantitative estimate of drug-likeness (QED) is 0.442. The Hall–Kier alpha value is -3.61. The van der Waals surface area contributed by atoms with Gasteiger partial charge in [0.15, 0.2) is 0 Å². The van der Waals surface area contributed by atoms with Crippen LogP contribution in [0.25, 0.3) is 22.0 Å². The molecule has 0 aliphatic heterocycles. The lowest BCUT2D eigenvalue weighted by Crippen LogP contribution is -2.09. The SMILES string of the molecule is Cc1ccc(O)cc1Nc1cc(C(F)(F)F)nc2cc(-c3ccncc3)ccc12. The van der Waals surface area contributed by atoms with Crippen LogP contribution in [-0.2, 0) is 6.18 Å². The monoisotopic (exact) mass is 395 g/mol. The van der Waals surface area contributed by atoms with Gasteiger partial charge in [-0.3, -0.25) is 4.98 Å². The maximum absolute atomic E-state index is 13.5. The van der Waals surface area contributed by atoms with E-state index < -0.39 is 11.9 Å². The predicted octanol–water partition coefficient (Wildman–Crippen LogP) is 6.07. The Kier molecular flexibility index (Phi) is 4.58. The Labute approximate surface area is 164 Å². The predicted molar refractivity (Wildman–Crippen MR) is 106 cm³/mol. The molecule has 0 fully saturated rings. The van der Waals surface area contributed by atoms with E-state index in [-0.39, 0.29) is 17.0 Å². The molecule has 2 N–H and O–H groups in total. The number of halogens is 3. The van der Waals surface area contributed by atoms with Crippen molar-refractivity contribution in [3.05, 3.63) is 78.2 Å². The average Bonchev–Trinajstić information content (AvgIpc) is 2.70. The van der Waals surface area contributed by atoms with E-state index >= 15 is 0 Å². The third kappa shape index (κ3) is 3.85. The molecule has 29 heavy (non-hydrogen) atoms. The zero-order chi connectivity index (χ0) is 20.6. The number of fused-ring (bicyclic) bond motifs is 1. The van der Waals surface area contributed by atoms with Crippen molar-refractivity contribution in [3.63, 3.8) is 0 Å². The van der Waals surface area contributed by atoms with Gasteiger partial charge >= 0.3 is 6.18 Å². The van der Waals surface area contributed by atoms with E-state index in [4.69, 9.17) is 0 Å². The van der Waals surface area contributed by atoms with Crippen molar-refractivity contribution in [1.82, 2.24) is 9.97 Å².